The highest BCUT2D eigenvalue weighted by atomic mass is 35.5. The number of hydrogen-bond acceptors (Lipinski definition) is 2. The van der Waals surface area contributed by atoms with Crippen molar-refractivity contribution in [3.63, 3.8) is 0 Å². The van der Waals surface area contributed by atoms with Gasteiger partial charge in [0.1, 0.15) is 17.3 Å². The lowest BCUT2D eigenvalue weighted by molar-refractivity contribution is 0.499. The third kappa shape index (κ3) is 2.28. The van der Waals surface area contributed by atoms with Crippen LogP contribution in [0.4, 0.5) is 4.39 Å². The number of benzene rings is 1. The number of aryl methyl sites for hydroxylation is 3. The predicted molar refractivity (Wildman–Crippen MR) is 70.4 cm³/mol. The Balaban J connectivity index is 2.49. The van der Waals surface area contributed by atoms with E-state index in [1.807, 2.05) is 19.9 Å². The maximum absolute atomic E-state index is 13.4. The van der Waals surface area contributed by atoms with Gasteiger partial charge >= 0.3 is 0 Å². The molecule has 1 heterocycles. The lowest BCUT2D eigenvalue weighted by atomic mass is 9.98. The maximum Gasteiger partial charge on any atom is 0.127 e. The molecule has 2 aromatic rings. The van der Waals surface area contributed by atoms with Crippen LogP contribution in [0.2, 0.25) is 5.02 Å². The van der Waals surface area contributed by atoms with Gasteiger partial charge in [0.15, 0.2) is 0 Å². The fourth-order valence-corrected chi connectivity index (χ4v) is 2.31. The van der Waals surface area contributed by atoms with Crippen molar-refractivity contribution >= 4 is 11.6 Å². The molecule has 1 aromatic carbocycles. The van der Waals surface area contributed by atoms with Crippen molar-refractivity contribution < 1.29 is 8.81 Å². The first-order valence-electron chi connectivity index (χ1n) is 5.68. The van der Waals surface area contributed by atoms with Crippen LogP contribution in [-0.2, 0) is 0 Å². The van der Waals surface area contributed by atoms with Crippen molar-refractivity contribution in [2.24, 2.45) is 5.73 Å². The van der Waals surface area contributed by atoms with Crippen LogP contribution in [0.3, 0.4) is 0 Å². The predicted octanol–water partition coefficient (Wildman–Crippen LogP) is 4.05. The monoisotopic (exact) mass is 267 g/mol. The van der Waals surface area contributed by atoms with Crippen molar-refractivity contribution in [1.82, 2.24) is 0 Å². The van der Waals surface area contributed by atoms with Gasteiger partial charge in [0.2, 0.25) is 0 Å². The van der Waals surface area contributed by atoms with Gasteiger partial charge in [0.05, 0.1) is 6.04 Å². The quantitative estimate of drug-likeness (QED) is 0.892. The number of rotatable bonds is 2. The van der Waals surface area contributed by atoms with Crippen molar-refractivity contribution in [2.75, 3.05) is 0 Å². The molecule has 4 heteroatoms. The molecule has 2 rings (SSSR count). The summed E-state index contributed by atoms with van der Waals surface area (Å²) in [5.41, 5.74) is 8.30. The summed E-state index contributed by atoms with van der Waals surface area (Å²) in [6.45, 7) is 5.41. The van der Waals surface area contributed by atoms with E-state index >= 15 is 0 Å². The molecule has 0 spiro atoms. The molecule has 96 valence electrons. The van der Waals surface area contributed by atoms with Gasteiger partial charge in [-0.25, -0.2) is 4.39 Å². The first-order valence-corrected chi connectivity index (χ1v) is 6.06. The molecule has 0 bridgehead atoms. The van der Waals surface area contributed by atoms with Crippen LogP contribution in [0.25, 0.3) is 0 Å². The van der Waals surface area contributed by atoms with Crippen LogP contribution in [-0.4, -0.2) is 0 Å². The Kier molecular flexibility index (Phi) is 3.46. The number of halogens is 2. The van der Waals surface area contributed by atoms with Gasteiger partial charge < -0.3 is 10.2 Å². The molecule has 0 aliphatic heterocycles. The molecule has 1 aromatic heterocycles. The minimum Gasteiger partial charge on any atom is -0.466 e. The van der Waals surface area contributed by atoms with Crippen LogP contribution < -0.4 is 5.73 Å². The van der Waals surface area contributed by atoms with Gasteiger partial charge in [0, 0.05) is 10.6 Å². The Morgan fingerprint density at radius 3 is 2.39 bits per heavy atom. The summed E-state index contributed by atoms with van der Waals surface area (Å²) in [6.07, 6.45) is 0. The zero-order chi connectivity index (χ0) is 13.4. The fourth-order valence-electron chi connectivity index (χ4n) is 2.04. The highest BCUT2D eigenvalue weighted by Crippen LogP contribution is 2.31. The molecule has 0 amide bonds. The van der Waals surface area contributed by atoms with Crippen molar-refractivity contribution in [1.29, 1.82) is 0 Å². The maximum atomic E-state index is 13.4. The number of hydrogen-bond donors (Lipinski definition) is 1. The molecule has 1 unspecified atom stereocenters. The molecule has 2 N–H and O–H groups in total. The molecule has 0 saturated carbocycles. The molecule has 0 radical (unpaired) electrons. The second-order valence-electron chi connectivity index (χ2n) is 4.47. The van der Waals surface area contributed by atoms with E-state index < -0.39 is 6.04 Å². The van der Waals surface area contributed by atoms with Gasteiger partial charge in [-0.2, -0.15) is 0 Å². The summed E-state index contributed by atoms with van der Waals surface area (Å²) in [6, 6.07) is 4.46. The van der Waals surface area contributed by atoms with Crippen LogP contribution in [0.15, 0.2) is 22.6 Å². The minimum atomic E-state index is -0.408. The van der Waals surface area contributed by atoms with Crippen LogP contribution in [0, 0.1) is 26.6 Å². The Bertz CT molecular complexity index is 592. The third-order valence-electron chi connectivity index (χ3n) is 3.03. The summed E-state index contributed by atoms with van der Waals surface area (Å²) < 4.78 is 18.8. The van der Waals surface area contributed by atoms with Crippen molar-refractivity contribution in [3.8, 4) is 0 Å². The molecule has 18 heavy (non-hydrogen) atoms. The van der Waals surface area contributed by atoms with Crippen LogP contribution in [0.1, 0.15) is 34.3 Å². The minimum absolute atomic E-state index is 0.323. The van der Waals surface area contributed by atoms with Gasteiger partial charge in [-0.3, -0.25) is 0 Å². The van der Waals surface area contributed by atoms with E-state index in [1.54, 1.807) is 13.0 Å². The zero-order valence-corrected chi connectivity index (χ0v) is 11.3. The van der Waals surface area contributed by atoms with E-state index in [9.17, 15) is 4.39 Å². The van der Waals surface area contributed by atoms with E-state index in [2.05, 4.69) is 0 Å². The van der Waals surface area contributed by atoms with E-state index in [-0.39, 0.29) is 5.82 Å². The summed E-state index contributed by atoms with van der Waals surface area (Å²) in [5.74, 6) is 1.24. The highest BCUT2D eigenvalue weighted by Gasteiger charge is 2.18. The third-order valence-corrected chi connectivity index (χ3v) is 3.35. The first-order chi connectivity index (χ1) is 8.40. The molecular weight excluding hydrogens is 253 g/mol. The van der Waals surface area contributed by atoms with Gasteiger partial charge in [-0.15, -0.1) is 0 Å². The molecule has 0 fully saturated rings. The van der Waals surface area contributed by atoms with Gasteiger partial charge in [0.25, 0.3) is 0 Å². The van der Waals surface area contributed by atoms with Gasteiger partial charge in [-0.05, 0) is 50.1 Å². The number of nitrogens with two attached hydrogens (primary N) is 1. The fraction of sp³-hybridized carbons (Fsp3) is 0.286. The molecular formula is C14H15ClFNO. The smallest absolute Gasteiger partial charge is 0.127 e. The van der Waals surface area contributed by atoms with E-state index in [4.69, 9.17) is 21.8 Å². The average Bonchev–Trinajstić information content (AvgIpc) is 2.62. The van der Waals surface area contributed by atoms with E-state index in [0.717, 1.165) is 17.1 Å². The summed E-state index contributed by atoms with van der Waals surface area (Å²) >= 11 is 6.05. The molecule has 0 saturated heterocycles. The molecule has 2 nitrogen and oxygen atoms in total. The second kappa shape index (κ2) is 4.75. The first kappa shape index (κ1) is 13.1. The highest BCUT2D eigenvalue weighted by molar-refractivity contribution is 6.31. The van der Waals surface area contributed by atoms with E-state index in [0.29, 0.717) is 16.1 Å². The lowest BCUT2D eigenvalue weighted by Gasteiger charge is -2.14. The molecule has 0 aliphatic rings. The van der Waals surface area contributed by atoms with Crippen LogP contribution >= 0.6 is 11.6 Å². The molecule has 1 atom stereocenters. The molecule has 0 aliphatic carbocycles. The van der Waals surface area contributed by atoms with Crippen molar-refractivity contribution in [3.05, 3.63) is 57.2 Å². The second-order valence-corrected chi connectivity index (χ2v) is 4.88. The topological polar surface area (TPSA) is 39.2 Å². The summed E-state index contributed by atoms with van der Waals surface area (Å²) in [5, 5.41) is 0.337. The van der Waals surface area contributed by atoms with Crippen molar-refractivity contribution in [2.45, 2.75) is 26.8 Å². The summed E-state index contributed by atoms with van der Waals surface area (Å²) in [4.78, 5) is 0. The zero-order valence-electron chi connectivity index (χ0n) is 10.6. The Morgan fingerprint density at radius 2 is 1.83 bits per heavy atom. The Labute approximate surface area is 111 Å². The lowest BCUT2D eigenvalue weighted by Crippen LogP contribution is -2.13. The van der Waals surface area contributed by atoms with Gasteiger partial charge in [-0.1, -0.05) is 11.6 Å². The standard InChI is InChI=1S/C14H15ClFNO/c1-7-4-11(12(15)6-13(7)16)14(17)10-5-8(2)18-9(10)3/h4-6,14H,17H2,1-3H3. The average molecular weight is 268 g/mol. The largest absolute Gasteiger partial charge is 0.466 e. The summed E-state index contributed by atoms with van der Waals surface area (Å²) in [7, 11) is 0. The Hall–Kier alpha value is -1.32. The Morgan fingerprint density at radius 1 is 1.17 bits per heavy atom. The van der Waals surface area contributed by atoms with Crippen LogP contribution in [0.5, 0.6) is 0 Å². The number of furan rings is 1. The SMILES string of the molecule is Cc1cc(C(N)c2cc(C)c(F)cc2Cl)c(C)o1. The van der Waals surface area contributed by atoms with E-state index in [1.165, 1.54) is 6.07 Å². The normalized spacial score (nSPS) is 12.8.